The van der Waals surface area contributed by atoms with E-state index in [0.29, 0.717) is 11.3 Å². The van der Waals surface area contributed by atoms with Gasteiger partial charge < -0.3 is 13.9 Å². The van der Waals surface area contributed by atoms with Crippen LogP contribution in [0.15, 0.2) is 75.9 Å². The summed E-state index contributed by atoms with van der Waals surface area (Å²) in [6, 6.07) is 20.4. The molecule has 1 heterocycles. The maximum Gasteiger partial charge on any atom is 0.343 e. The average molecular weight is 360 g/mol. The number of carbonyl (C=O) groups is 1. The molecule has 0 N–H and O–H groups in total. The lowest BCUT2D eigenvalue weighted by Crippen LogP contribution is -2.12. The molecule has 4 aromatic rings. The molecule has 0 amide bonds. The minimum absolute atomic E-state index is 0.193. The van der Waals surface area contributed by atoms with E-state index in [1.54, 1.807) is 12.1 Å². The summed E-state index contributed by atoms with van der Waals surface area (Å²) in [5.74, 6) is 0.0539. The first-order valence-corrected chi connectivity index (χ1v) is 8.42. The van der Waals surface area contributed by atoms with Crippen LogP contribution >= 0.6 is 0 Å². The molecule has 0 fully saturated rings. The second kappa shape index (κ2) is 6.96. The van der Waals surface area contributed by atoms with E-state index in [-0.39, 0.29) is 6.61 Å². The Hall–Kier alpha value is -3.60. The Morgan fingerprint density at radius 3 is 2.48 bits per heavy atom. The van der Waals surface area contributed by atoms with Crippen LogP contribution in [0.5, 0.6) is 5.75 Å². The van der Waals surface area contributed by atoms with Crippen molar-refractivity contribution >= 4 is 27.7 Å². The SMILES string of the molecule is COC(=O)COc1cccc2c1ccc1c(-c3ccccc3)cc(=O)oc12. The molecule has 0 unspecified atom stereocenters. The molecule has 1 aromatic heterocycles. The summed E-state index contributed by atoms with van der Waals surface area (Å²) in [7, 11) is 1.31. The standard InChI is InChI=1S/C22H16O5/c1-25-21(24)13-26-19-9-5-8-16-15(19)10-11-17-18(12-20(23)27-22(16)17)14-6-3-2-4-7-14/h2-12H,13H2,1H3. The predicted octanol–water partition coefficient (Wildman–Crippen LogP) is 4.17. The Kier molecular flexibility index (Phi) is 4.34. The van der Waals surface area contributed by atoms with Gasteiger partial charge in [-0.2, -0.15) is 0 Å². The average Bonchev–Trinajstić information content (AvgIpc) is 2.71. The van der Waals surface area contributed by atoms with E-state index in [4.69, 9.17) is 9.15 Å². The van der Waals surface area contributed by atoms with E-state index in [0.717, 1.165) is 27.3 Å². The molecule has 5 heteroatoms. The molecule has 0 aliphatic carbocycles. The van der Waals surface area contributed by atoms with Crippen molar-refractivity contribution in [2.24, 2.45) is 0 Å². The van der Waals surface area contributed by atoms with Crippen molar-refractivity contribution in [2.45, 2.75) is 0 Å². The first-order chi connectivity index (χ1) is 13.2. The minimum Gasteiger partial charge on any atom is -0.481 e. The van der Waals surface area contributed by atoms with Crippen LogP contribution in [0.3, 0.4) is 0 Å². The molecule has 0 atom stereocenters. The van der Waals surface area contributed by atoms with Gasteiger partial charge in [0.2, 0.25) is 0 Å². The third kappa shape index (κ3) is 3.15. The van der Waals surface area contributed by atoms with Gasteiger partial charge in [-0.25, -0.2) is 9.59 Å². The van der Waals surface area contributed by atoms with Gasteiger partial charge in [-0.15, -0.1) is 0 Å². The fraction of sp³-hybridized carbons (Fsp3) is 0.0909. The minimum atomic E-state index is -0.467. The van der Waals surface area contributed by atoms with E-state index < -0.39 is 11.6 Å². The molecule has 5 nitrogen and oxygen atoms in total. The van der Waals surface area contributed by atoms with Crippen LogP contribution in [0, 0.1) is 0 Å². The lowest BCUT2D eigenvalue weighted by atomic mass is 9.99. The lowest BCUT2D eigenvalue weighted by Gasteiger charge is -2.11. The van der Waals surface area contributed by atoms with Gasteiger partial charge in [-0.1, -0.05) is 42.5 Å². The number of esters is 1. The number of carbonyl (C=O) groups excluding carboxylic acids is 1. The monoisotopic (exact) mass is 360 g/mol. The number of ether oxygens (including phenoxy) is 2. The number of hydrogen-bond donors (Lipinski definition) is 0. The third-order valence-corrected chi connectivity index (χ3v) is 4.39. The Labute approximate surface area is 154 Å². The van der Waals surface area contributed by atoms with Crippen LogP contribution in [0.4, 0.5) is 0 Å². The van der Waals surface area contributed by atoms with Gasteiger partial charge in [-0.05, 0) is 29.3 Å². The number of rotatable bonds is 4. The van der Waals surface area contributed by atoms with E-state index in [1.165, 1.54) is 13.2 Å². The summed E-state index contributed by atoms with van der Waals surface area (Å²) < 4.78 is 15.7. The van der Waals surface area contributed by atoms with Gasteiger partial charge in [0.15, 0.2) is 6.61 Å². The molecule has 134 valence electrons. The maximum absolute atomic E-state index is 12.2. The lowest BCUT2D eigenvalue weighted by molar-refractivity contribution is -0.142. The van der Waals surface area contributed by atoms with Crippen molar-refractivity contribution in [3.63, 3.8) is 0 Å². The number of fused-ring (bicyclic) bond motifs is 3. The molecule has 27 heavy (non-hydrogen) atoms. The van der Waals surface area contributed by atoms with Gasteiger partial charge in [0.25, 0.3) is 0 Å². The number of methoxy groups -OCH3 is 1. The van der Waals surface area contributed by atoms with Crippen molar-refractivity contribution < 1.29 is 18.7 Å². The molecule has 0 spiro atoms. The van der Waals surface area contributed by atoms with Crippen LogP contribution < -0.4 is 10.4 Å². The Morgan fingerprint density at radius 2 is 1.70 bits per heavy atom. The number of hydrogen-bond acceptors (Lipinski definition) is 5. The van der Waals surface area contributed by atoms with Crippen LogP contribution in [0.1, 0.15) is 0 Å². The van der Waals surface area contributed by atoms with E-state index in [2.05, 4.69) is 4.74 Å². The highest BCUT2D eigenvalue weighted by molar-refractivity contribution is 6.10. The van der Waals surface area contributed by atoms with Crippen molar-refractivity contribution in [2.75, 3.05) is 13.7 Å². The molecule has 0 saturated heterocycles. The third-order valence-electron chi connectivity index (χ3n) is 4.39. The highest BCUT2D eigenvalue weighted by Crippen LogP contribution is 2.35. The zero-order chi connectivity index (χ0) is 18.8. The van der Waals surface area contributed by atoms with Gasteiger partial charge >= 0.3 is 11.6 Å². The number of benzene rings is 3. The molecule has 0 aliphatic heterocycles. The van der Waals surface area contributed by atoms with Crippen molar-refractivity contribution in [1.29, 1.82) is 0 Å². The van der Waals surface area contributed by atoms with Gasteiger partial charge in [0.1, 0.15) is 11.3 Å². The van der Waals surface area contributed by atoms with Crippen LogP contribution in [-0.4, -0.2) is 19.7 Å². The topological polar surface area (TPSA) is 65.7 Å². The second-order valence-corrected chi connectivity index (χ2v) is 6.00. The zero-order valence-corrected chi connectivity index (χ0v) is 14.6. The van der Waals surface area contributed by atoms with E-state index in [9.17, 15) is 9.59 Å². The van der Waals surface area contributed by atoms with Gasteiger partial charge in [-0.3, -0.25) is 0 Å². The van der Waals surface area contributed by atoms with Gasteiger partial charge in [0.05, 0.1) is 7.11 Å². The first-order valence-electron chi connectivity index (χ1n) is 8.42. The largest absolute Gasteiger partial charge is 0.481 e. The van der Waals surface area contributed by atoms with Crippen molar-refractivity contribution in [1.82, 2.24) is 0 Å². The van der Waals surface area contributed by atoms with Crippen LogP contribution in [0.25, 0.3) is 32.9 Å². The van der Waals surface area contributed by atoms with Crippen LogP contribution in [0.2, 0.25) is 0 Å². The molecular weight excluding hydrogens is 344 g/mol. The van der Waals surface area contributed by atoms with E-state index >= 15 is 0 Å². The Morgan fingerprint density at radius 1 is 0.926 bits per heavy atom. The molecule has 0 radical (unpaired) electrons. The fourth-order valence-electron chi connectivity index (χ4n) is 3.13. The highest BCUT2D eigenvalue weighted by atomic mass is 16.6. The molecule has 3 aromatic carbocycles. The Balaban J connectivity index is 1.93. The first kappa shape index (κ1) is 16.8. The van der Waals surface area contributed by atoms with E-state index in [1.807, 2.05) is 48.5 Å². The fourth-order valence-corrected chi connectivity index (χ4v) is 3.13. The molecule has 0 saturated carbocycles. The maximum atomic E-state index is 12.2. The highest BCUT2D eigenvalue weighted by Gasteiger charge is 2.13. The predicted molar refractivity (Wildman–Crippen MR) is 103 cm³/mol. The summed E-state index contributed by atoms with van der Waals surface area (Å²) in [5, 5.41) is 2.32. The summed E-state index contributed by atoms with van der Waals surface area (Å²) in [5.41, 5.74) is 1.81. The smallest absolute Gasteiger partial charge is 0.343 e. The quantitative estimate of drug-likeness (QED) is 0.310. The molecule has 0 bridgehead atoms. The molecular formula is C22H16O5. The summed E-state index contributed by atoms with van der Waals surface area (Å²) >= 11 is 0. The van der Waals surface area contributed by atoms with Gasteiger partial charge in [0, 0.05) is 22.2 Å². The summed E-state index contributed by atoms with van der Waals surface area (Å²) in [6.45, 7) is -0.193. The van der Waals surface area contributed by atoms with Crippen molar-refractivity contribution in [3.05, 3.63) is 77.2 Å². The normalized spacial score (nSPS) is 10.9. The summed E-state index contributed by atoms with van der Waals surface area (Å²) in [6.07, 6.45) is 0. The Bertz CT molecular complexity index is 1190. The van der Waals surface area contributed by atoms with Crippen molar-refractivity contribution in [3.8, 4) is 16.9 Å². The molecule has 0 aliphatic rings. The zero-order valence-electron chi connectivity index (χ0n) is 14.6. The second-order valence-electron chi connectivity index (χ2n) is 6.00. The summed E-state index contributed by atoms with van der Waals surface area (Å²) in [4.78, 5) is 23.6. The van der Waals surface area contributed by atoms with Crippen LogP contribution in [-0.2, 0) is 9.53 Å². The molecule has 4 rings (SSSR count).